The maximum atomic E-state index is 11.9. The number of ether oxygens (including phenoxy) is 1. The number of rotatable bonds is 4. The van der Waals surface area contributed by atoms with Crippen LogP contribution in [0.1, 0.15) is 43.9 Å². The normalized spacial score (nSPS) is 18.4. The topological polar surface area (TPSA) is 66.0 Å². The van der Waals surface area contributed by atoms with Gasteiger partial charge in [0.15, 0.2) is 5.96 Å². The number of amides is 1. The molecule has 1 saturated heterocycles. The van der Waals surface area contributed by atoms with Crippen LogP contribution in [0.2, 0.25) is 0 Å². The van der Waals surface area contributed by atoms with Gasteiger partial charge in [-0.3, -0.25) is 4.99 Å². The van der Waals surface area contributed by atoms with Gasteiger partial charge in [0.1, 0.15) is 5.60 Å². The molecule has 2 N–H and O–H groups in total. The van der Waals surface area contributed by atoms with Crippen LogP contribution in [0.3, 0.4) is 0 Å². The number of alkyl carbamates (subject to hydrolysis) is 1. The van der Waals surface area contributed by atoms with Gasteiger partial charge in [-0.1, -0.05) is 6.92 Å². The Hall–Kier alpha value is -1.76. The van der Waals surface area contributed by atoms with Gasteiger partial charge in [0.2, 0.25) is 0 Å². The predicted molar refractivity (Wildman–Crippen MR) is 103 cm³/mol. The summed E-state index contributed by atoms with van der Waals surface area (Å²) in [5.41, 5.74) is -0.474. The van der Waals surface area contributed by atoms with E-state index in [1.807, 2.05) is 32.1 Å². The Morgan fingerprint density at radius 1 is 1.40 bits per heavy atom. The van der Waals surface area contributed by atoms with E-state index in [2.05, 4.69) is 39.6 Å². The third-order valence-electron chi connectivity index (χ3n) is 3.91. The lowest BCUT2D eigenvalue weighted by Crippen LogP contribution is -2.44. The summed E-state index contributed by atoms with van der Waals surface area (Å²) in [6.07, 6.45) is 1.61. The van der Waals surface area contributed by atoms with Crippen LogP contribution in [0.15, 0.2) is 17.1 Å². The number of carbonyl (C=O) groups is 1. The van der Waals surface area contributed by atoms with Crippen molar-refractivity contribution < 1.29 is 9.53 Å². The molecule has 2 heterocycles. The van der Waals surface area contributed by atoms with E-state index in [0.29, 0.717) is 0 Å². The minimum absolute atomic E-state index is 0.0850. The molecule has 0 aliphatic carbocycles. The summed E-state index contributed by atoms with van der Waals surface area (Å²) in [5.74, 6) is 0.875. The Kier molecular flexibility index (Phi) is 6.70. The van der Waals surface area contributed by atoms with E-state index in [9.17, 15) is 4.79 Å². The van der Waals surface area contributed by atoms with Crippen molar-refractivity contribution >= 4 is 23.4 Å². The van der Waals surface area contributed by atoms with E-state index >= 15 is 0 Å². The molecule has 1 amide bonds. The summed E-state index contributed by atoms with van der Waals surface area (Å²) in [7, 11) is 1.79. The molecule has 1 aliphatic heterocycles. The maximum absolute atomic E-state index is 11.9. The second kappa shape index (κ2) is 8.56. The largest absolute Gasteiger partial charge is 0.444 e. The van der Waals surface area contributed by atoms with E-state index in [4.69, 9.17) is 4.74 Å². The molecule has 1 unspecified atom stereocenters. The molecular formula is C18H30N4O2S. The zero-order valence-electron chi connectivity index (χ0n) is 15.9. The second-order valence-corrected chi connectivity index (χ2v) is 8.45. The number of hydrogen-bond donors (Lipinski definition) is 2. The minimum Gasteiger partial charge on any atom is -0.444 e. The molecule has 1 fully saturated rings. The Morgan fingerprint density at radius 2 is 2.12 bits per heavy atom. The lowest BCUT2D eigenvalue weighted by molar-refractivity contribution is 0.0507. The van der Waals surface area contributed by atoms with E-state index in [-0.39, 0.29) is 12.1 Å². The van der Waals surface area contributed by atoms with Crippen LogP contribution in [-0.2, 0) is 17.7 Å². The summed E-state index contributed by atoms with van der Waals surface area (Å²) in [5, 5.41) is 6.37. The highest BCUT2D eigenvalue weighted by Crippen LogP contribution is 2.17. The fourth-order valence-corrected chi connectivity index (χ4v) is 3.65. The van der Waals surface area contributed by atoms with Crippen molar-refractivity contribution in [3.05, 3.63) is 21.9 Å². The molecule has 0 spiro atoms. The Bertz CT molecular complexity index is 606. The molecular weight excluding hydrogens is 336 g/mol. The molecule has 0 aromatic carbocycles. The van der Waals surface area contributed by atoms with Gasteiger partial charge in [0.25, 0.3) is 0 Å². The van der Waals surface area contributed by atoms with Crippen LogP contribution in [0.5, 0.6) is 0 Å². The molecule has 0 radical (unpaired) electrons. The van der Waals surface area contributed by atoms with Crippen LogP contribution in [0.25, 0.3) is 0 Å². The van der Waals surface area contributed by atoms with E-state index < -0.39 is 5.60 Å². The number of nitrogens with one attached hydrogen (secondary N) is 2. The number of likely N-dealkylation sites (tertiary alicyclic amines) is 1. The highest BCUT2D eigenvalue weighted by molar-refractivity contribution is 7.11. The van der Waals surface area contributed by atoms with Gasteiger partial charge in [-0.25, -0.2) is 4.79 Å². The van der Waals surface area contributed by atoms with Crippen molar-refractivity contribution in [2.45, 2.75) is 58.7 Å². The third-order valence-corrected chi connectivity index (χ3v) is 5.14. The van der Waals surface area contributed by atoms with E-state index in [0.717, 1.165) is 38.4 Å². The Balaban J connectivity index is 1.81. The summed E-state index contributed by atoms with van der Waals surface area (Å²) in [4.78, 5) is 21.2. The average molecular weight is 367 g/mol. The monoisotopic (exact) mass is 366 g/mol. The average Bonchev–Trinajstić information content (AvgIpc) is 3.15. The van der Waals surface area contributed by atoms with Crippen LogP contribution in [0, 0.1) is 0 Å². The lowest BCUT2D eigenvalue weighted by atomic mass is 10.2. The number of thiophene rings is 1. The minimum atomic E-state index is -0.474. The van der Waals surface area contributed by atoms with Crippen molar-refractivity contribution in [3.8, 4) is 0 Å². The molecule has 0 saturated carbocycles. The molecule has 1 atom stereocenters. The van der Waals surface area contributed by atoms with Crippen molar-refractivity contribution in [3.63, 3.8) is 0 Å². The maximum Gasteiger partial charge on any atom is 0.407 e. The van der Waals surface area contributed by atoms with Gasteiger partial charge in [0, 0.05) is 29.9 Å². The van der Waals surface area contributed by atoms with E-state index in [1.54, 1.807) is 7.05 Å². The first-order chi connectivity index (χ1) is 11.8. The van der Waals surface area contributed by atoms with Gasteiger partial charge in [-0.2, -0.15) is 0 Å². The van der Waals surface area contributed by atoms with Gasteiger partial charge in [-0.05, 0) is 45.7 Å². The summed E-state index contributed by atoms with van der Waals surface area (Å²) in [6.45, 7) is 10.2. The van der Waals surface area contributed by atoms with Crippen molar-refractivity contribution in [2.75, 3.05) is 20.1 Å². The fraction of sp³-hybridized carbons (Fsp3) is 0.667. The van der Waals surface area contributed by atoms with E-state index in [1.165, 1.54) is 9.75 Å². The van der Waals surface area contributed by atoms with Crippen LogP contribution in [0.4, 0.5) is 4.79 Å². The summed E-state index contributed by atoms with van der Waals surface area (Å²) < 4.78 is 5.33. The highest BCUT2D eigenvalue weighted by atomic mass is 32.1. The summed E-state index contributed by atoms with van der Waals surface area (Å²) >= 11 is 1.83. The molecule has 2 rings (SSSR count). The Morgan fingerprint density at radius 3 is 2.72 bits per heavy atom. The first kappa shape index (κ1) is 19.6. The van der Waals surface area contributed by atoms with Crippen molar-refractivity contribution in [1.29, 1.82) is 0 Å². The third kappa shape index (κ3) is 6.23. The standard InChI is InChI=1S/C18H30N4O2S/c1-6-14-7-8-15(25-14)11-20-16(19-5)22-10-9-13(12-22)21-17(23)24-18(2,3)4/h7-8,13H,6,9-12H2,1-5H3,(H,19,20)(H,21,23). The molecule has 1 aromatic heterocycles. The van der Waals surface area contributed by atoms with Crippen molar-refractivity contribution in [2.24, 2.45) is 4.99 Å². The number of guanidine groups is 1. The Labute approximate surface area is 154 Å². The SMILES string of the molecule is CCc1ccc(CNC(=NC)N2CCC(NC(=O)OC(C)(C)C)C2)s1. The van der Waals surface area contributed by atoms with Crippen LogP contribution < -0.4 is 10.6 Å². The molecule has 0 bridgehead atoms. The van der Waals surface area contributed by atoms with Crippen molar-refractivity contribution in [1.82, 2.24) is 15.5 Å². The molecule has 6 nitrogen and oxygen atoms in total. The van der Waals surface area contributed by atoms with Gasteiger partial charge in [-0.15, -0.1) is 11.3 Å². The lowest BCUT2D eigenvalue weighted by Gasteiger charge is -2.23. The number of hydrogen-bond acceptors (Lipinski definition) is 4. The number of nitrogens with zero attached hydrogens (tertiary/aromatic N) is 2. The second-order valence-electron chi connectivity index (χ2n) is 7.20. The molecule has 25 heavy (non-hydrogen) atoms. The number of aryl methyl sites for hydroxylation is 1. The van der Waals surface area contributed by atoms with Crippen LogP contribution in [-0.4, -0.2) is 48.7 Å². The van der Waals surface area contributed by atoms with Gasteiger partial charge in [0.05, 0.1) is 12.6 Å². The zero-order valence-corrected chi connectivity index (χ0v) is 16.7. The molecule has 7 heteroatoms. The van der Waals surface area contributed by atoms with Gasteiger partial charge >= 0.3 is 6.09 Å². The van der Waals surface area contributed by atoms with Gasteiger partial charge < -0.3 is 20.3 Å². The first-order valence-electron chi connectivity index (χ1n) is 8.83. The number of carbonyl (C=O) groups excluding carboxylic acids is 1. The molecule has 140 valence electrons. The predicted octanol–water partition coefficient (Wildman–Crippen LogP) is 2.98. The molecule has 1 aliphatic rings. The fourth-order valence-electron chi connectivity index (χ4n) is 2.75. The summed E-state index contributed by atoms with van der Waals surface area (Å²) in [6, 6.07) is 4.43. The molecule has 1 aromatic rings. The quantitative estimate of drug-likeness (QED) is 0.635. The smallest absolute Gasteiger partial charge is 0.407 e. The highest BCUT2D eigenvalue weighted by Gasteiger charge is 2.27. The zero-order chi connectivity index (χ0) is 18.4. The first-order valence-corrected chi connectivity index (χ1v) is 9.65. The van der Waals surface area contributed by atoms with Crippen LogP contribution >= 0.6 is 11.3 Å². The number of aliphatic imine (C=N–C) groups is 1.